The monoisotopic (exact) mass is 279 g/mol. The number of rotatable bonds is 3. The van der Waals surface area contributed by atoms with Crippen molar-refractivity contribution in [3.8, 4) is 11.6 Å². The number of aromatic nitrogens is 2. The van der Waals surface area contributed by atoms with E-state index in [1.807, 2.05) is 24.3 Å². The van der Waals surface area contributed by atoms with E-state index in [4.69, 9.17) is 10.5 Å². The number of benzene rings is 2. The van der Waals surface area contributed by atoms with Gasteiger partial charge in [0.15, 0.2) is 5.78 Å². The fourth-order valence-electron chi connectivity index (χ4n) is 2.01. The minimum absolute atomic E-state index is 0.119. The number of para-hydroxylation sites is 2. The number of carbonyl (C=O) groups excluding carboxylic acids is 1. The first-order chi connectivity index (χ1) is 10.1. The van der Waals surface area contributed by atoms with Crippen LogP contribution in [0.3, 0.4) is 0 Å². The minimum atomic E-state index is -0.119. The molecule has 5 heteroatoms. The van der Waals surface area contributed by atoms with Crippen molar-refractivity contribution in [3.63, 3.8) is 0 Å². The van der Waals surface area contributed by atoms with Gasteiger partial charge >= 0.3 is 0 Å². The quantitative estimate of drug-likeness (QED) is 0.588. The van der Waals surface area contributed by atoms with Gasteiger partial charge in [-0.3, -0.25) is 4.79 Å². The van der Waals surface area contributed by atoms with Crippen LogP contribution in [0.25, 0.3) is 11.0 Å². The van der Waals surface area contributed by atoms with E-state index in [-0.39, 0.29) is 5.78 Å². The molecular formula is C16H13N3O2. The average Bonchev–Trinajstić information content (AvgIpc) is 2.49. The molecule has 0 saturated heterocycles. The number of anilines is 1. The molecule has 21 heavy (non-hydrogen) atoms. The van der Waals surface area contributed by atoms with Crippen molar-refractivity contribution >= 4 is 22.5 Å². The topological polar surface area (TPSA) is 78.1 Å². The lowest BCUT2D eigenvalue weighted by molar-refractivity contribution is 0.101. The maximum atomic E-state index is 11.6. The van der Waals surface area contributed by atoms with E-state index in [1.54, 1.807) is 18.2 Å². The molecule has 0 amide bonds. The third-order valence-electron chi connectivity index (χ3n) is 3.02. The summed E-state index contributed by atoms with van der Waals surface area (Å²) >= 11 is 0. The van der Waals surface area contributed by atoms with Gasteiger partial charge in [-0.15, -0.1) is 0 Å². The molecule has 0 bridgehead atoms. The summed E-state index contributed by atoms with van der Waals surface area (Å²) in [6, 6.07) is 12.4. The minimum Gasteiger partial charge on any atom is -0.437 e. The highest BCUT2D eigenvalue weighted by atomic mass is 16.5. The van der Waals surface area contributed by atoms with Crippen LogP contribution in [0.1, 0.15) is 17.3 Å². The Hall–Kier alpha value is -2.95. The van der Waals surface area contributed by atoms with Crippen LogP contribution in [0, 0.1) is 0 Å². The normalized spacial score (nSPS) is 10.5. The van der Waals surface area contributed by atoms with E-state index < -0.39 is 0 Å². The van der Waals surface area contributed by atoms with Crippen molar-refractivity contribution < 1.29 is 9.53 Å². The summed E-state index contributed by atoms with van der Waals surface area (Å²) in [5.41, 5.74) is 8.15. The van der Waals surface area contributed by atoms with Crippen LogP contribution in [-0.2, 0) is 0 Å². The number of nitrogens with zero attached hydrogens (tertiary/aromatic N) is 2. The molecule has 0 saturated carbocycles. The number of carbonyl (C=O) groups is 1. The molecule has 5 nitrogen and oxygen atoms in total. The van der Waals surface area contributed by atoms with Crippen LogP contribution in [-0.4, -0.2) is 15.8 Å². The summed E-state index contributed by atoms with van der Waals surface area (Å²) in [6.07, 6.45) is 1.53. The summed E-state index contributed by atoms with van der Waals surface area (Å²) in [5, 5.41) is 0. The van der Waals surface area contributed by atoms with Crippen LogP contribution in [0.4, 0.5) is 5.69 Å². The zero-order valence-electron chi connectivity index (χ0n) is 11.4. The Bertz CT molecular complexity index is 831. The van der Waals surface area contributed by atoms with Gasteiger partial charge in [-0.2, -0.15) is 0 Å². The molecule has 2 N–H and O–H groups in total. The molecule has 2 aromatic carbocycles. The lowest BCUT2D eigenvalue weighted by atomic mass is 10.1. The van der Waals surface area contributed by atoms with Crippen LogP contribution in [0.2, 0.25) is 0 Å². The fraction of sp³-hybridized carbons (Fsp3) is 0.0625. The number of nitrogens with two attached hydrogens (primary N) is 1. The standard InChI is InChI=1S/C16H13N3O2/c1-10(20)12-8-11(17)6-7-15(12)21-16-9-18-13-4-2-3-5-14(13)19-16/h2-9H,17H2,1H3. The number of Topliss-reactive ketones (excluding diaryl/α,β-unsaturated/α-hetero) is 1. The van der Waals surface area contributed by atoms with Crippen molar-refractivity contribution in [1.82, 2.24) is 9.97 Å². The molecule has 3 rings (SSSR count). The van der Waals surface area contributed by atoms with Gasteiger partial charge in [0.1, 0.15) is 5.75 Å². The first kappa shape index (κ1) is 13.1. The zero-order valence-corrected chi connectivity index (χ0v) is 11.4. The predicted octanol–water partition coefficient (Wildman–Crippen LogP) is 3.21. The Morgan fingerprint density at radius 3 is 2.67 bits per heavy atom. The number of nitrogen functional groups attached to an aromatic ring is 1. The van der Waals surface area contributed by atoms with E-state index in [0.717, 1.165) is 11.0 Å². The first-order valence-corrected chi connectivity index (χ1v) is 6.43. The molecule has 0 aliphatic rings. The molecule has 0 unspecified atom stereocenters. The Labute approximate surface area is 121 Å². The second-order valence-electron chi connectivity index (χ2n) is 4.61. The van der Waals surface area contributed by atoms with Crippen LogP contribution >= 0.6 is 0 Å². The number of ketones is 1. The molecule has 1 aromatic heterocycles. The fourth-order valence-corrected chi connectivity index (χ4v) is 2.01. The number of ether oxygens (including phenoxy) is 1. The second-order valence-corrected chi connectivity index (χ2v) is 4.61. The van der Waals surface area contributed by atoms with Crippen molar-refractivity contribution in [1.29, 1.82) is 0 Å². The largest absolute Gasteiger partial charge is 0.437 e. The maximum absolute atomic E-state index is 11.6. The van der Waals surface area contributed by atoms with Crippen molar-refractivity contribution in [2.45, 2.75) is 6.92 Å². The summed E-state index contributed by atoms with van der Waals surface area (Å²) in [4.78, 5) is 20.3. The smallest absolute Gasteiger partial charge is 0.238 e. The Balaban J connectivity index is 2.00. The van der Waals surface area contributed by atoms with Gasteiger partial charge in [-0.1, -0.05) is 12.1 Å². The molecule has 0 spiro atoms. The van der Waals surface area contributed by atoms with Crippen LogP contribution in [0.15, 0.2) is 48.7 Å². The summed E-state index contributed by atoms with van der Waals surface area (Å²) in [6.45, 7) is 1.47. The van der Waals surface area contributed by atoms with Crippen molar-refractivity contribution in [2.24, 2.45) is 0 Å². The highest BCUT2D eigenvalue weighted by molar-refractivity contribution is 5.97. The van der Waals surface area contributed by atoms with E-state index in [1.165, 1.54) is 13.1 Å². The molecule has 0 radical (unpaired) electrons. The molecule has 0 atom stereocenters. The molecule has 0 fully saturated rings. The molecular weight excluding hydrogens is 266 g/mol. The molecule has 0 aliphatic carbocycles. The number of hydrogen-bond donors (Lipinski definition) is 1. The first-order valence-electron chi connectivity index (χ1n) is 6.43. The van der Waals surface area contributed by atoms with Gasteiger partial charge in [0, 0.05) is 5.69 Å². The van der Waals surface area contributed by atoms with E-state index in [2.05, 4.69) is 9.97 Å². The molecule has 104 valence electrons. The van der Waals surface area contributed by atoms with E-state index in [9.17, 15) is 4.79 Å². The summed E-state index contributed by atoms with van der Waals surface area (Å²) in [7, 11) is 0. The van der Waals surface area contributed by atoms with Gasteiger partial charge in [-0.05, 0) is 37.3 Å². The second kappa shape index (κ2) is 5.20. The zero-order chi connectivity index (χ0) is 14.8. The third-order valence-corrected chi connectivity index (χ3v) is 3.02. The SMILES string of the molecule is CC(=O)c1cc(N)ccc1Oc1cnc2ccccc2n1. The molecule has 0 aliphatic heterocycles. The number of hydrogen-bond acceptors (Lipinski definition) is 5. The Morgan fingerprint density at radius 2 is 1.90 bits per heavy atom. The van der Waals surface area contributed by atoms with E-state index >= 15 is 0 Å². The predicted molar refractivity (Wildman–Crippen MR) is 80.5 cm³/mol. The molecule has 3 aromatic rings. The van der Waals surface area contributed by atoms with Crippen LogP contribution in [0.5, 0.6) is 11.6 Å². The van der Waals surface area contributed by atoms with Gasteiger partial charge in [0.2, 0.25) is 5.88 Å². The molecule has 1 heterocycles. The van der Waals surface area contributed by atoms with E-state index in [0.29, 0.717) is 22.9 Å². The summed E-state index contributed by atoms with van der Waals surface area (Å²) in [5.74, 6) is 0.633. The van der Waals surface area contributed by atoms with Gasteiger partial charge < -0.3 is 10.5 Å². The average molecular weight is 279 g/mol. The third kappa shape index (κ3) is 2.67. The summed E-state index contributed by atoms with van der Waals surface area (Å²) < 4.78 is 5.68. The van der Waals surface area contributed by atoms with Gasteiger partial charge in [0.05, 0.1) is 22.8 Å². The van der Waals surface area contributed by atoms with Crippen molar-refractivity contribution in [3.05, 3.63) is 54.2 Å². The van der Waals surface area contributed by atoms with Crippen LogP contribution < -0.4 is 10.5 Å². The van der Waals surface area contributed by atoms with Crippen molar-refractivity contribution in [2.75, 3.05) is 5.73 Å². The van der Waals surface area contributed by atoms with Gasteiger partial charge in [-0.25, -0.2) is 9.97 Å². The highest BCUT2D eigenvalue weighted by Gasteiger charge is 2.11. The lowest BCUT2D eigenvalue weighted by Gasteiger charge is -2.09. The Kier molecular flexibility index (Phi) is 3.23. The maximum Gasteiger partial charge on any atom is 0.238 e. The Morgan fingerprint density at radius 1 is 1.14 bits per heavy atom. The lowest BCUT2D eigenvalue weighted by Crippen LogP contribution is -2.00. The highest BCUT2D eigenvalue weighted by Crippen LogP contribution is 2.27. The van der Waals surface area contributed by atoms with Gasteiger partial charge in [0.25, 0.3) is 0 Å². The number of fused-ring (bicyclic) bond motifs is 1.